The van der Waals surface area contributed by atoms with Crippen LogP contribution in [0.1, 0.15) is 16.7 Å². The summed E-state index contributed by atoms with van der Waals surface area (Å²) in [4.78, 5) is 8.26. The molecule has 0 spiro atoms. The van der Waals surface area contributed by atoms with Crippen molar-refractivity contribution in [1.29, 1.82) is 0 Å². The first-order valence-electron chi connectivity index (χ1n) is 8.75. The van der Waals surface area contributed by atoms with E-state index in [0.717, 1.165) is 17.3 Å². The number of aromatic nitrogens is 3. The Morgan fingerprint density at radius 1 is 1.07 bits per heavy atom. The number of benzene rings is 2. The number of nitrogens with one attached hydrogen (secondary N) is 2. The first kappa shape index (κ1) is 18.4. The van der Waals surface area contributed by atoms with Gasteiger partial charge < -0.3 is 15.4 Å². The van der Waals surface area contributed by atoms with Crippen molar-refractivity contribution in [3.63, 3.8) is 0 Å². The molecule has 7 heteroatoms. The van der Waals surface area contributed by atoms with E-state index in [2.05, 4.69) is 43.9 Å². The predicted molar refractivity (Wildman–Crippen MR) is 106 cm³/mol. The predicted octanol–water partition coefficient (Wildman–Crippen LogP) is 2.20. The van der Waals surface area contributed by atoms with Crippen LogP contribution in [0.25, 0.3) is 0 Å². The van der Waals surface area contributed by atoms with Crippen LogP contribution in [0.2, 0.25) is 0 Å². The van der Waals surface area contributed by atoms with Crippen LogP contribution >= 0.6 is 0 Å². The lowest BCUT2D eigenvalue weighted by Gasteiger charge is -2.14. The Balaban J connectivity index is 1.55. The summed E-state index contributed by atoms with van der Waals surface area (Å²) in [6.07, 6.45) is 3.26. The minimum absolute atomic E-state index is 0.635. The highest BCUT2D eigenvalue weighted by molar-refractivity contribution is 5.79. The molecule has 0 aliphatic rings. The molecule has 0 aliphatic carbocycles. The quantitative estimate of drug-likeness (QED) is 0.496. The van der Waals surface area contributed by atoms with Gasteiger partial charge in [0.25, 0.3) is 0 Å². The zero-order valence-corrected chi connectivity index (χ0v) is 15.6. The highest BCUT2D eigenvalue weighted by Crippen LogP contribution is 2.16. The molecule has 1 heterocycles. The van der Waals surface area contributed by atoms with Crippen molar-refractivity contribution in [1.82, 2.24) is 25.4 Å². The number of rotatable bonds is 7. The van der Waals surface area contributed by atoms with Gasteiger partial charge in [0.05, 0.1) is 13.7 Å². The molecule has 0 bridgehead atoms. The topological polar surface area (TPSA) is 76.4 Å². The fourth-order valence-electron chi connectivity index (χ4n) is 2.77. The maximum Gasteiger partial charge on any atom is 0.191 e. The molecule has 2 N–H and O–H groups in total. The average Bonchev–Trinajstić information content (AvgIpc) is 3.21. The van der Waals surface area contributed by atoms with Gasteiger partial charge in [-0.3, -0.25) is 4.99 Å². The monoisotopic (exact) mass is 364 g/mol. The molecular weight excluding hydrogens is 340 g/mol. The van der Waals surface area contributed by atoms with E-state index in [0.29, 0.717) is 19.6 Å². The first-order valence-corrected chi connectivity index (χ1v) is 8.75. The summed E-state index contributed by atoms with van der Waals surface area (Å²) in [6.45, 7) is 2.02. The number of hydrogen-bond acceptors (Lipinski definition) is 4. The number of methoxy groups -OCH3 is 1. The normalized spacial score (nSPS) is 11.3. The summed E-state index contributed by atoms with van der Waals surface area (Å²) in [6, 6.07) is 16.3. The highest BCUT2D eigenvalue weighted by Gasteiger charge is 2.04. The second-order valence-electron chi connectivity index (χ2n) is 6.00. The number of ether oxygens (including phenoxy) is 1. The van der Waals surface area contributed by atoms with Crippen LogP contribution in [0.5, 0.6) is 5.75 Å². The number of para-hydroxylation sites is 1. The van der Waals surface area contributed by atoms with Crippen molar-refractivity contribution in [2.75, 3.05) is 14.2 Å². The number of guanidine groups is 1. The Labute approximate surface area is 159 Å². The van der Waals surface area contributed by atoms with Gasteiger partial charge in [0.1, 0.15) is 18.4 Å². The number of hydrogen-bond donors (Lipinski definition) is 2. The van der Waals surface area contributed by atoms with Gasteiger partial charge in [-0.15, -0.1) is 0 Å². The first-order chi connectivity index (χ1) is 13.3. The Hall–Kier alpha value is -3.35. The van der Waals surface area contributed by atoms with Crippen LogP contribution in [0.4, 0.5) is 0 Å². The molecule has 27 heavy (non-hydrogen) atoms. The third-order valence-corrected chi connectivity index (χ3v) is 4.12. The zero-order chi connectivity index (χ0) is 18.9. The molecule has 0 amide bonds. The van der Waals surface area contributed by atoms with E-state index >= 15 is 0 Å². The van der Waals surface area contributed by atoms with Crippen molar-refractivity contribution < 1.29 is 4.74 Å². The third kappa shape index (κ3) is 5.31. The largest absolute Gasteiger partial charge is 0.496 e. The highest BCUT2D eigenvalue weighted by atomic mass is 16.5. The van der Waals surface area contributed by atoms with Crippen molar-refractivity contribution >= 4 is 5.96 Å². The van der Waals surface area contributed by atoms with E-state index in [1.54, 1.807) is 31.5 Å². The van der Waals surface area contributed by atoms with E-state index < -0.39 is 0 Å². The molecule has 0 atom stereocenters. The lowest BCUT2D eigenvalue weighted by atomic mass is 10.1. The van der Waals surface area contributed by atoms with Crippen LogP contribution in [0.3, 0.4) is 0 Å². The van der Waals surface area contributed by atoms with Gasteiger partial charge in [0.2, 0.25) is 0 Å². The summed E-state index contributed by atoms with van der Waals surface area (Å²) in [5.74, 6) is 1.60. The average molecular weight is 364 g/mol. The van der Waals surface area contributed by atoms with Gasteiger partial charge in [0.15, 0.2) is 5.96 Å². The summed E-state index contributed by atoms with van der Waals surface area (Å²) in [5.41, 5.74) is 3.43. The molecule has 1 aromatic heterocycles. The van der Waals surface area contributed by atoms with E-state index in [-0.39, 0.29) is 0 Å². The van der Waals surface area contributed by atoms with Gasteiger partial charge in [-0.05, 0) is 17.2 Å². The van der Waals surface area contributed by atoms with Crippen LogP contribution in [0.15, 0.2) is 66.2 Å². The SMILES string of the molecule is CN=C(NCc1cccc(Cn2cncn2)c1)NCc1ccccc1OC. The third-order valence-electron chi connectivity index (χ3n) is 4.12. The van der Waals surface area contributed by atoms with Gasteiger partial charge in [-0.1, -0.05) is 42.5 Å². The van der Waals surface area contributed by atoms with E-state index in [1.807, 2.05) is 30.3 Å². The molecule has 140 valence electrons. The maximum atomic E-state index is 5.38. The van der Waals surface area contributed by atoms with E-state index in [4.69, 9.17) is 4.74 Å². The fourth-order valence-corrected chi connectivity index (χ4v) is 2.77. The summed E-state index contributed by atoms with van der Waals surface area (Å²) in [5, 5.41) is 10.8. The van der Waals surface area contributed by atoms with Crippen LogP contribution in [0, 0.1) is 0 Å². The molecule has 0 saturated heterocycles. The molecular formula is C20H24N6O. The Morgan fingerprint density at radius 3 is 2.67 bits per heavy atom. The molecule has 0 unspecified atom stereocenters. The second kappa shape index (κ2) is 9.38. The second-order valence-corrected chi connectivity index (χ2v) is 6.00. The summed E-state index contributed by atoms with van der Waals surface area (Å²) >= 11 is 0. The smallest absolute Gasteiger partial charge is 0.191 e. The Bertz CT molecular complexity index is 876. The van der Waals surface area contributed by atoms with Gasteiger partial charge in [0, 0.05) is 25.7 Å². The van der Waals surface area contributed by atoms with E-state index in [1.165, 1.54) is 11.1 Å². The van der Waals surface area contributed by atoms with Crippen molar-refractivity contribution in [2.24, 2.45) is 4.99 Å². The Morgan fingerprint density at radius 2 is 1.89 bits per heavy atom. The molecule has 2 aromatic carbocycles. The van der Waals surface area contributed by atoms with E-state index in [9.17, 15) is 0 Å². The van der Waals surface area contributed by atoms with Crippen molar-refractivity contribution in [3.8, 4) is 5.75 Å². The fraction of sp³-hybridized carbons (Fsp3) is 0.250. The number of aliphatic imine (C=N–C) groups is 1. The molecule has 0 saturated carbocycles. The lowest BCUT2D eigenvalue weighted by Crippen LogP contribution is -2.36. The summed E-state index contributed by atoms with van der Waals surface area (Å²) in [7, 11) is 3.44. The minimum Gasteiger partial charge on any atom is -0.496 e. The molecule has 3 rings (SSSR count). The standard InChI is InChI=1S/C20H24N6O/c1-21-20(24-12-18-8-3-4-9-19(18)27-2)23-11-16-6-5-7-17(10-16)13-26-15-22-14-25-26/h3-10,14-15H,11-13H2,1-2H3,(H2,21,23,24). The van der Waals surface area contributed by atoms with Crippen molar-refractivity contribution in [2.45, 2.75) is 19.6 Å². The molecule has 3 aromatic rings. The lowest BCUT2D eigenvalue weighted by molar-refractivity contribution is 0.409. The van der Waals surface area contributed by atoms with Crippen LogP contribution in [-0.4, -0.2) is 34.9 Å². The zero-order valence-electron chi connectivity index (χ0n) is 15.6. The number of nitrogens with zero attached hydrogens (tertiary/aromatic N) is 4. The summed E-state index contributed by atoms with van der Waals surface area (Å²) < 4.78 is 7.19. The molecule has 7 nitrogen and oxygen atoms in total. The van der Waals surface area contributed by atoms with Gasteiger partial charge in [-0.25, -0.2) is 9.67 Å². The Kier molecular flexibility index (Phi) is 6.40. The van der Waals surface area contributed by atoms with Gasteiger partial charge in [-0.2, -0.15) is 5.10 Å². The van der Waals surface area contributed by atoms with Crippen LogP contribution in [-0.2, 0) is 19.6 Å². The van der Waals surface area contributed by atoms with Crippen molar-refractivity contribution in [3.05, 3.63) is 77.9 Å². The minimum atomic E-state index is 0.635. The molecule has 0 fully saturated rings. The molecule has 0 aliphatic heterocycles. The van der Waals surface area contributed by atoms with Gasteiger partial charge >= 0.3 is 0 Å². The maximum absolute atomic E-state index is 5.38. The van der Waals surface area contributed by atoms with Crippen LogP contribution < -0.4 is 15.4 Å². The molecule has 0 radical (unpaired) electrons.